The van der Waals surface area contributed by atoms with Gasteiger partial charge in [-0.3, -0.25) is 14.3 Å². The molecule has 1 rings (SSSR count). The average Bonchev–Trinajstić information content (AvgIpc) is 2.29. The van der Waals surface area contributed by atoms with Gasteiger partial charge in [-0.1, -0.05) is 23.2 Å². The fourth-order valence-corrected chi connectivity index (χ4v) is 1.84. The smallest absolute Gasteiger partial charge is 0.293 e. The van der Waals surface area contributed by atoms with Crippen LogP contribution < -0.4 is 5.32 Å². The van der Waals surface area contributed by atoms with E-state index in [1.165, 1.54) is 12.1 Å². The van der Waals surface area contributed by atoms with Gasteiger partial charge >= 0.3 is 0 Å². The van der Waals surface area contributed by atoms with Crippen molar-refractivity contribution in [3.05, 3.63) is 32.3 Å². The lowest BCUT2D eigenvalue weighted by Crippen LogP contribution is -2.21. The number of nitro groups is 1. The fraction of sp³-hybridized carbons (Fsp3) is 0.400. The maximum absolute atomic E-state index is 11.2. The quantitative estimate of drug-likeness (QED) is 0.670. The molecular weight excluding hydrogens is 299 g/mol. The van der Waals surface area contributed by atoms with Gasteiger partial charge in [0, 0.05) is 34.9 Å². The van der Waals surface area contributed by atoms with Crippen LogP contribution in [0.25, 0.3) is 0 Å². The first-order chi connectivity index (χ1) is 8.32. The van der Waals surface area contributed by atoms with Gasteiger partial charge in [0.25, 0.3) is 5.69 Å². The summed E-state index contributed by atoms with van der Waals surface area (Å²) < 4.78 is 11.2. The van der Waals surface area contributed by atoms with Gasteiger partial charge in [-0.25, -0.2) is 0 Å². The van der Waals surface area contributed by atoms with Gasteiger partial charge < -0.3 is 5.32 Å². The summed E-state index contributed by atoms with van der Waals surface area (Å²) in [5.74, 6) is 0. The second-order valence-electron chi connectivity index (χ2n) is 3.73. The summed E-state index contributed by atoms with van der Waals surface area (Å²) in [4.78, 5) is 10.3. The Morgan fingerprint density at radius 2 is 2.00 bits per heavy atom. The Hall–Kier alpha value is -0.850. The van der Waals surface area contributed by atoms with Crippen LogP contribution >= 0.6 is 23.2 Å². The monoisotopic (exact) mass is 310 g/mol. The molecule has 0 aliphatic heterocycles. The summed E-state index contributed by atoms with van der Waals surface area (Å²) in [6.45, 7) is 2.13. The van der Waals surface area contributed by atoms with Crippen molar-refractivity contribution in [2.24, 2.45) is 0 Å². The summed E-state index contributed by atoms with van der Waals surface area (Å²) in [5, 5.41) is 14.0. The van der Waals surface area contributed by atoms with Crippen LogP contribution in [0.5, 0.6) is 0 Å². The number of hydrogen-bond acceptors (Lipinski definition) is 4. The van der Waals surface area contributed by atoms with E-state index in [4.69, 9.17) is 23.2 Å². The van der Waals surface area contributed by atoms with Gasteiger partial charge in [-0.05, 0) is 13.0 Å². The molecule has 2 unspecified atom stereocenters. The maximum atomic E-state index is 11.2. The van der Waals surface area contributed by atoms with Crippen molar-refractivity contribution in [2.45, 2.75) is 12.2 Å². The van der Waals surface area contributed by atoms with E-state index in [1.807, 2.05) is 0 Å². The molecule has 2 atom stereocenters. The third-order valence-corrected chi connectivity index (χ3v) is 4.40. The molecule has 0 saturated heterocycles. The van der Waals surface area contributed by atoms with E-state index < -0.39 is 15.7 Å². The minimum Gasteiger partial charge on any atom is -0.378 e. The van der Waals surface area contributed by atoms with E-state index in [0.29, 0.717) is 6.54 Å². The number of hydrogen-bond donors (Lipinski definition) is 1. The lowest BCUT2D eigenvalue weighted by Gasteiger charge is -2.12. The second kappa shape index (κ2) is 6.36. The van der Waals surface area contributed by atoms with Gasteiger partial charge in [0.2, 0.25) is 0 Å². The van der Waals surface area contributed by atoms with Crippen LogP contribution in [0.2, 0.25) is 10.0 Å². The predicted octanol–water partition coefficient (Wildman–Crippen LogP) is 3.08. The number of rotatable bonds is 5. The van der Waals surface area contributed by atoms with E-state index in [1.54, 1.807) is 13.2 Å². The molecule has 0 aliphatic rings. The van der Waals surface area contributed by atoms with Crippen molar-refractivity contribution in [3.63, 3.8) is 0 Å². The topological polar surface area (TPSA) is 72.2 Å². The Kier molecular flexibility index (Phi) is 5.37. The Bertz CT molecular complexity index is 496. The SMILES string of the molecule is CC(CNc1cc(Cl)c(Cl)cc1[N+](=O)[O-])S(C)=O. The molecule has 0 fully saturated rings. The molecule has 0 heterocycles. The molecule has 0 aromatic heterocycles. The number of nitro benzene ring substituents is 1. The molecule has 0 aliphatic carbocycles. The molecule has 1 aromatic carbocycles. The zero-order chi connectivity index (χ0) is 13.9. The van der Waals surface area contributed by atoms with Crippen molar-refractivity contribution in [1.29, 1.82) is 0 Å². The largest absolute Gasteiger partial charge is 0.378 e. The molecule has 0 bridgehead atoms. The summed E-state index contributed by atoms with van der Waals surface area (Å²) >= 11 is 11.5. The molecular formula is C10H12Cl2N2O3S. The van der Waals surface area contributed by atoms with Crippen LogP contribution in [-0.4, -0.2) is 27.2 Å². The van der Waals surface area contributed by atoms with E-state index in [-0.39, 0.29) is 26.7 Å². The number of benzene rings is 1. The van der Waals surface area contributed by atoms with Crippen molar-refractivity contribution in [3.8, 4) is 0 Å². The Morgan fingerprint density at radius 3 is 2.50 bits per heavy atom. The first kappa shape index (κ1) is 15.2. The minimum absolute atomic E-state index is 0.126. The summed E-state index contributed by atoms with van der Waals surface area (Å²) in [6.07, 6.45) is 1.58. The number of halogens is 2. The molecule has 1 aromatic rings. The third kappa shape index (κ3) is 3.83. The maximum Gasteiger partial charge on any atom is 0.293 e. The van der Waals surface area contributed by atoms with Crippen LogP contribution in [0.3, 0.4) is 0 Å². The molecule has 18 heavy (non-hydrogen) atoms. The summed E-state index contributed by atoms with van der Waals surface area (Å²) in [7, 11) is -1.00. The van der Waals surface area contributed by atoms with Gasteiger partial charge in [0.1, 0.15) is 5.69 Å². The Morgan fingerprint density at radius 1 is 1.44 bits per heavy atom. The highest BCUT2D eigenvalue weighted by atomic mass is 35.5. The first-order valence-electron chi connectivity index (χ1n) is 5.02. The predicted molar refractivity (Wildman–Crippen MR) is 75.1 cm³/mol. The molecule has 100 valence electrons. The zero-order valence-electron chi connectivity index (χ0n) is 9.78. The van der Waals surface area contributed by atoms with Gasteiger partial charge in [-0.2, -0.15) is 0 Å². The Labute approximate surface area is 117 Å². The van der Waals surface area contributed by atoms with Crippen LogP contribution in [0, 0.1) is 10.1 Å². The zero-order valence-corrected chi connectivity index (χ0v) is 12.1. The fourth-order valence-electron chi connectivity index (χ4n) is 1.20. The van der Waals surface area contributed by atoms with Gasteiger partial charge in [0.05, 0.1) is 15.0 Å². The number of nitrogens with zero attached hydrogens (tertiary/aromatic N) is 1. The molecule has 0 amide bonds. The van der Waals surface area contributed by atoms with Crippen molar-refractivity contribution >= 4 is 45.4 Å². The summed E-state index contributed by atoms with van der Waals surface area (Å²) in [5.41, 5.74) is 0.116. The van der Waals surface area contributed by atoms with Gasteiger partial charge in [-0.15, -0.1) is 0 Å². The van der Waals surface area contributed by atoms with Crippen molar-refractivity contribution < 1.29 is 9.13 Å². The molecule has 8 heteroatoms. The number of anilines is 1. The van der Waals surface area contributed by atoms with E-state index in [0.717, 1.165) is 0 Å². The van der Waals surface area contributed by atoms with E-state index >= 15 is 0 Å². The normalized spacial score (nSPS) is 14.0. The highest BCUT2D eigenvalue weighted by Gasteiger charge is 2.17. The molecule has 0 radical (unpaired) electrons. The Balaban J connectivity index is 2.97. The molecule has 5 nitrogen and oxygen atoms in total. The van der Waals surface area contributed by atoms with E-state index in [2.05, 4.69) is 5.32 Å². The first-order valence-corrected chi connectivity index (χ1v) is 7.40. The molecule has 1 N–H and O–H groups in total. The summed E-state index contributed by atoms with van der Waals surface area (Å²) in [6, 6.07) is 2.59. The van der Waals surface area contributed by atoms with Crippen LogP contribution in [-0.2, 0) is 10.8 Å². The minimum atomic E-state index is -1.00. The number of nitrogens with one attached hydrogen (secondary N) is 1. The average molecular weight is 311 g/mol. The standard InChI is InChI=1S/C10H12Cl2N2O3S/c1-6(18(2)17)5-13-9-3-7(11)8(12)4-10(9)14(15)16/h3-4,6,13H,5H2,1-2H3. The van der Waals surface area contributed by atoms with Crippen LogP contribution in [0.15, 0.2) is 12.1 Å². The molecule has 0 saturated carbocycles. The van der Waals surface area contributed by atoms with Crippen LogP contribution in [0.4, 0.5) is 11.4 Å². The van der Waals surface area contributed by atoms with Gasteiger partial charge in [0.15, 0.2) is 0 Å². The van der Waals surface area contributed by atoms with Crippen LogP contribution in [0.1, 0.15) is 6.92 Å². The molecule has 0 spiro atoms. The van der Waals surface area contributed by atoms with E-state index in [9.17, 15) is 14.3 Å². The third-order valence-electron chi connectivity index (χ3n) is 2.38. The second-order valence-corrected chi connectivity index (χ2v) is 6.35. The van der Waals surface area contributed by atoms with Crippen molar-refractivity contribution in [2.75, 3.05) is 18.1 Å². The highest BCUT2D eigenvalue weighted by molar-refractivity contribution is 7.84. The lowest BCUT2D eigenvalue weighted by atomic mass is 10.2. The van der Waals surface area contributed by atoms with Crippen molar-refractivity contribution in [1.82, 2.24) is 0 Å². The lowest BCUT2D eigenvalue weighted by molar-refractivity contribution is -0.383. The highest BCUT2D eigenvalue weighted by Crippen LogP contribution is 2.33.